The van der Waals surface area contributed by atoms with E-state index in [0.717, 1.165) is 15.5 Å². The van der Waals surface area contributed by atoms with Crippen LogP contribution in [0.4, 0.5) is 17.6 Å². The Bertz CT molecular complexity index is 2590. The number of nitrogens with zero attached hydrogens (tertiary/aromatic N) is 7. The standard InChI is InChI=1S/C28H38N11O19P3/c29-18-1-3-37(27(42)33-18)20-5-12(40)15(54-20)8-52-60(47,48)57-13-6-21(38-4-2-19(30)34-28(38)43)55-17(13)10-53-61(49,50)58-14-7-22(56-16(14)9-51-59(44,45)46)39-11-32-23-24(39)35-26(31)36-25(23)41/h1-4,11-17,20-22,40H,5-10H2,(H,47,48)(H,49,50)(H2,29,33,42)(H2,30,34,43)(H2,44,45,46)(H3,31,35,36,41)/t12-,13-,14-,15+,16+,17+,20+,21+,22+/m0/s1. The van der Waals surface area contributed by atoms with Gasteiger partial charge in [0.2, 0.25) is 5.95 Å². The minimum Gasteiger partial charge on any atom is -0.390 e. The largest absolute Gasteiger partial charge is 0.472 e. The maximum Gasteiger partial charge on any atom is 0.472 e. The lowest BCUT2D eigenvalue weighted by atomic mass is 10.2. The molecular weight excluding hydrogens is 887 g/mol. The van der Waals surface area contributed by atoms with E-state index >= 15 is 0 Å². The van der Waals surface area contributed by atoms with Crippen LogP contribution in [0, 0.1) is 0 Å². The van der Waals surface area contributed by atoms with Gasteiger partial charge in [-0.25, -0.2) is 28.3 Å². The molecule has 3 fully saturated rings. The van der Waals surface area contributed by atoms with Gasteiger partial charge in [0.1, 0.15) is 60.8 Å². The lowest BCUT2D eigenvalue weighted by molar-refractivity contribution is -0.0613. The number of hydrogen-bond acceptors (Lipinski definition) is 22. The van der Waals surface area contributed by atoms with Crippen LogP contribution in [-0.2, 0) is 50.5 Å². The van der Waals surface area contributed by atoms with Crippen molar-refractivity contribution in [2.45, 2.75) is 74.6 Å². The van der Waals surface area contributed by atoms with Crippen LogP contribution in [0.5, 0.6) is 0 Å². The van der Waals surface area contributed by atoms with Crippen LogP contribution in [0.2, 0.25) is 0 Å². The van der Waals surface area contributed by atoms with Crippen molar-refractivity contribution < 1.29 is 75.2 Å². The van der Waals surface area contributed by atoms with Gasteiger partial charge in [-0.05, 0) is 12.1 Å². The van der Waals surface area contributed by atoms with Gasteiger partial charge in [0, 0.05) is 31.7 Å². The van der Waals surface area contributed by atoms with Crippen molar-refractivity contribution in [1.82, 2.24) is 38.6 Å². The van der Waals surface area contributed by atoms with E-state index in [0.29, 0.717) is 0 Å². The van der Waals surface area contributed by atoms with Crippen molar-refractivity contribution in [2.75, 3.05) is 37.0 Å². The first-order chi connectivity index (χ1) is 28.6. The normalized spacial score (nSPS) is 28.9. The number of ether oxygens (including phenoxy) is 3. The van der Waals surface area contributed by atoms with E-state index in [9.17, 15) is 52.8 Å². The molecule has 33 heteroatoms. The van der Waals surface area contributed by atoms with E-state index < -0.39 is 116 Å². The SMILES string of the molecule is Nc1ccn([C@H]2C[C@H](OP(=O)(O)OC[C@H]3O[C@@H](n4ccc(N)nc4=O)C[C@@H]3O)[C@@H](COP(=O)(O)O[C@H]3C[C@H](n4cnc5c(=O)[nH]c(N)nc54)O[C@@H]3COP(=O)(O)O)O2)c(=O)n1. The Kier molecular flexibility index (Phi) is 12.8. The van der Waals surface area contributed by atoms with Gasteiger partial charge in [-0.3, -0.25) is 46.1 Å². The smallest absolute Gasteiger partial charge is 0.390 e. The number of hydrogen-bond donors (Lipinski definition) is 9. The Morgan fingerprint density at radius 1 is 0.705 bits per heavy atom. The molecule has 12 N–H and O–H groups in total. The predicted octanol–water partition coefficient (Wildman–Crippen LogP) is -2.28. The Hall–Kier alpha value is -4.32. The van der Waals surface area contributed by atoms with Crippen molar-refractivity contribution in [3.05, 3.63) is 62.2 Å². The molecule has 0 bridgehead atoms. The number of aliphatic hydroxyl groups excluding tert-OH is 1. The van der Waals surface area contributed by atoms with Gasteiger partial charge in [0.05, 0.1) is 32.3 Å². The summed E-state index contributed by atoms with van der Waals surface area (Å²) in [6.07, 6.45) is -9.15. The van der Waals surface area contributed by atoms with Crippen LogP contribution < -0.4 is 34.1 Å². The van der Waals surface area contributed by atoms with Crippen molar-refractivity contribution in [3.63, 3.8) is 0 Å². The second-order valence-electron chi connectivity index (χ2n) is 13.6. The fourth-order valence-electron chi connectivity index (χ4n) is 6.65. The number of H-pyrrole nitrogens is 1. The Morgan fingerprint density at radius 3 is 1.70 bits per heavy atom. The van der Waals surface area contributed by atoms with Gasteiger partial charge in [-0.2, -0.15) is 15.0 Å². The Labute approximate surface area is 339 Å². The summed E-state index contributed by atoms with van der Waals surface area (Å²) in [6.45, 7) is -2.51. The number of phosphoric ester groups is 3. The second kappa shape index (κ2) is 17.4. The summed E-state index contributed by atoms with van der Waals surface area (Å²) in [5.74, 6) is -0.455. The van der Waals surface area contributed by atoms with Crippen LogP contribution in [0.15, 0.2) is 45.2 Å². The number of phosphoric acid groups is 3. The lowest BCUT2D eigenvalue weighted by Gasteiger charge is -2.24. The number of nitrogen functional groups attached to an aromatic ring is 3. The minimum absolute atomic E-state index is 0.0475. The number of aliphatic hydroxyl groups is 1. The minimum atomic E-state index is -5.24. The third-order valence-corrected chi connectivity index (χ3v) is 11.9. The molecule has 61 heavy (non-hydrogen) atoms. The molecule has 0 amide bonds. The quantitative estimate of drug-likeness (QED) is 0.0534. The monoisotopic (exact) mass is 925 g/mol. The maximum atomic E-state index is 13.4. The number of fused-ring (bicyclic) bond motifs is 1. The van der Waals surface area contributed by atoms with Crippen molar-refractivity contribution in [2.24, 2.45) is 0 Å². The summed E-state index contributed by atoms with van der Waals surface area (Å²) in [4.78, 5) is 95.0. The highest BCUT2D eigenvalue weighted by Crippen LogP contribution is 2.52. The predicted molar refractivity (Wildman–Crippen MR) is 199 cm³/mol. The summed E-state index contributed by atoms with van der Waals surface area (Å²) >= 11 is 0. The fraction of sp³-hybridized carbons (Fsp3) is 0.536. The molecule has 0 aromatic carbocycles. The molecule has 0 spiro atoms. The zero-order valence-corrected chi connectivity index (χ0v) is 33.7. The van der Waals surface area contributed by atoms with Crippen LogP contribution in [0.25, 0.3) is 11.2 Å². The topological polar surface area (TPSA) is 438 Å². The highest BCUT2D eigenvalue weighted by Gasteiger charge is 2.47. The first kappa shape index (κ1) is 44.7. The molecule has 4 aromatic rings. The van der Waals surface area contributed by atoms with Crippen LogP contribution in [0.3, 0.4) is 0 Å². The average molecular weight is 926 g/mol. The highest BCUT2D eigenvalue weighted by molar-refractivity contribution is 7.47. The Balaban J connectivity index is 1.04. The van der Waals surface area contributed by atoms with E-state index in [-0.39, 0.29) is 48.0 Å². The first-order valence-corrected chi connectivity index (χ1v) is 22.2. The van der Waals surface area contributed by atoms with Crippen molar-refractivity contribution in [1.29, 1.82) is 0 Å². The number of aromatic nitrogens is 8. The van der Waals surface area contributed by atoms with E-state index in [1.165, 1.54) is 29.1 Å². The summed E-state index contributed by atoms with van der Waals surface area (Å²) in [6, 6.07) is 2.59. The van der Waals surface area contributed by atoms with Crippen LogP contribution in [-0.4, -0.2) is 120 Å². The Morgan fingerprint density at radius 2 is 1.18 bits per heavy atom. The molecule has 7 heterocycles. The van der Waals surface area contributed by atoms with E-state index in [1.54, 1.807) is 0 Å². The van der Waals surface area contributed by atoms with Gasteiger partial charge in [-0.15, -0.1) is 0 Å². The molecule has 3 saturated heterocycles. The van der Waals surface area contributed by atoms with Gasteiger partial charge in [0.15, 0.2) is 11.2 Å². The molecule has 0 radical (unpaired) electrons. The van der Waals surface area contributed by atoms with Gasteiger partial charge < -0.3 is 56.1 Å². The molecule has 0 aliphatic carbocycles. The molecule has 4 aromatic heterocycles. The van der Waals surface area contributed by atoms with Crippen molar-refractivity contribution >= 4 is 52.2 Å². The first-order valence-electron chi connectivity index (χ1n) is 17.7. The molecule has 7 rings (SSSR count). The van der Waals surface area contributed by atoms with Crippen LogP contribution in [0.1, 0.15) is 37.9 Å². The number of nitrogens with one attached hydrogen (secondary N) is 1. The lowest BCUT2D eigenvalue weighted by Crippen LogP contribution is -2.31. The highest BCUT2D eigenvalue weighted by atomic mass is 31.2. The fourth-order valence-corrected chi connectivity index (χ4v) is 8.91. The summed E-state index contributed by atoms with van der Waals surface area (Å²) in [7, 11) is -15.5. The van der Waals surface area contributed by atoms with E-state index in [1.807, 2.05) is 0 Å². The van der Waals surface area contributed by atoms with Crippen molar-refractivity contribution in [3.8, 4) is 0 Å². The number of nitrogens with two attached hydrogens (primary N) is 3. The zero-order chi connectivity index (χ0) is 44.0. The molecule has 0 saturated carbocycles. The van der Waals surface area contributed by atoms with Gasteiger partial charge in [0.25, 0.3) is 5.56 Å². The third-order valence-electron chi connectivity index (χ3n) is 9.40. The summed E-state index contributed by atoms with van der Waals surface area (Å²) in [5, 5.41) is 10.6. The number of aromatic amines is 1. The van der Waals surface area contributed by atoms with Gasteiger partial charge in [-0.1, -0.05) is 0 Å². The van der Waals surface area contributed by atoms with E-state index in [4.69, 9.17) is 49.5 Å². The summed E-state index contributed by atoms with van der Waals surface area (Å²) in [5.41, 5.74) is 14.2. The molecule has 3 aliphatic heterocycles. The molecule has 3 aliphatic rings. The van der Waals surface area contributed by atoms with E-state index in [2.05, 4.69) is 29.4 Å². The third kappa shape index (κ3) is 10.7. The molecular formula is C28H38N11O19P3. The molecule has 2 unspecified atom stereocenters. The maximum absolute atomic E-state index is 13.4. The number of anilines is 3. The second-order valence-corrected chi connectivity index (χ2v) is 17.7. The van der Waals surface area contributed by atoms with Crippen LogP contribution >= 0.6 is 23.5 Å². The zero-order valence-electron chi connectivity index (χ0n) is 31.0. The average Bonchev–Trinajstić information content (AvgIpc) is 3.94. The molecule has 11 atom stereocenters. The van der Waals surface area contributed by atoms with Gasteiger partial charge >= 0.3 is 34.8 Å². The molecule has 30 nitrogen and oxygen atoms in total. The number of imidazole rings is 1. The summed E-state index contributed by atoms with van der Waals surface area (Å²) < 4.78 is 84.5. The number of rotatable bonds is 16. The molecule has 334 valence electrons.